The van der Waals surface area contributed by atoms with E-state index in [2.05, 4.69) is 5.32 Å². The van der Waals surface area contributed by atoms with Crippen LogP contribution in [0, 0.1) is 12.7 Å². The number of hydrogen-bond acceptors (Lipinski definition) is 5. The Morgan fingerprint density at radius 3 is 2.75 bits per heavy atom. The second-order valence-corrected chi connectivity index (χ2v) is 8.58. The van der Waals surface area contributed by atoms with Crippen LogP contribution in [0.4, 0.5) is 10.2 Å². The average Bonchev–Trinajstić information content (AvgIpc) is 3.27. The van der Waals surface area contributed by atoms with Crippen molar-refractivity contribution >= 4 is 28.6 Å². The Morgan fingerprint density at radius 2 is 2.11 bits per heavy atom. The lowest BCUT2D eigenvalue weighted by Crippen LogP contribution is -2.26. The minimum Gasteiger partial charge on any atom is -0.477 e. The summed E-state index contributed by atoms with van der Waals surface area (Å²) >= 11 is 1.52. The number of carbonyl (C=O) groups is 1. The first-order chi connectivity index (χ1) is 13.4. The summed E-state index contributed by atoms with van der Waals surface area (Å²) in [5.41, 5.74) is 8.37. The fourth-order valence-electron chi connectivity index (χ4n) is 4.11. The summed E-state index contributed by atoms with van der Waals surface area (Å²) in [6.45, 7) is 3.30. The van der Waals surface area contributed by atoms with E-state index in [9.17, 15) is 14.7 Å². The molecule has 144 valence electrons. The second kappa shape index (κ2) is 5.89. The number of rotatable bonds is 3. The predicted octanol–water partition coefficient (Wildman–Crippen LogP) is 3.24. The molecule has 4 heterocycles. The Bertz CT molecular complexity index is 1220. The van der Waals surface area contributed by atoms with Gasteiger partial charge >= 0.3 is 5.97 Å². The van der Waals surface area contributed by atoms with Crippen LogP contribution in [0.3, 0.4) is 0 Å². The Labute approximate surface area is 163 Å². The highest BCUT2D eigenvalue weighted by atomic mass is 32.1. The summed E-state index contributed by atoms with van der Waals surface area (Å²) in [6, 6.07) is 3.42. The molecule has 0 unspecified atom stereocenters. The van der Waals surface area contributed by atoms with Crippen molar-refractivity contribution in [2.75, 3.05) is 5.73 Å². The minimum absolute atomic E-state index is 0.169. The largest absolute Gasteiger partial charge is 0.477 e. The van der Waals surface area contributed by atoms with Gasteiger partial charge < -0.3 is 16.2 Å². The topological polar surface area (TPSA) is 96.8 Å². The van der Waals surface area contributed by atoms with Crippen LogP contribution in [-0.4, -0.2) is 15.5 Å². The molecule has 0 spiro atoms. The van der Waals surface area contributed by atoms with Crippen molar-refractivity contribution in [2.45, 2.75) is 38.8 Å². The highest BCUT2D eigenvalue weighted by molar-refractivity contribution is 7.15. The van der Waals surface area contributed by atoms with Crippen molar-refractivity contribution in [2.24, 2.45) is 0 Å². The lowest BCUT2D eigenvalue weighted by Gasteiger charge is -2.18. The number of nitrogen functional groups attached to an aromatic ring is 1. The summed E-state index contributed by atoms with van der Waals surface area (Å²) in [5, 5.41) is 12.7. The maximum Gasteiger partial charge on any atom is 0.341 e. The molecule has 1 aliphatic carbocycles. The first-order valence-electron chi connectivity index (χ1n) is 9.11. The summed E-state index contributed by atoms with van der Waals surface area (Å²) in [6.07, 6.45) is 1.83. The van der Waals surface area contributed by atoms with Gasteiger partial charge in [0.05, 0.1) is 5.52 Å². The standard InChI is InChI=1S/C20H18FN3O3S/c1-8-15(13-4-10-6-23-7-14(10)28-13)16(21)18(22)24-17(8)11(9-2-3-9)5-12(19(24)25)20(26)27/h4-5,9,23H,2-3,6-7,22H2,1H3,(H,26,27). The molecule has 5 rings (SSSR count). The van der Waals surface area contributed by atoms with Gasteiger partial charge in [0.2, 0.25) is 0 Å². The van der Waals surface area contributed by atoms with Crippen LogP contribution in [0.2, 0.25) is 0 Å². The quantitative estimate of drug-likeness (QED) is 0.628. The summed E-state index contributed by atoms with van der Waals surface area (Å²) in [4.78, 5) is 26.3. The molecule has 0 atom stereocenters. The molecule has 0 bridgehead atoms. The zero-order valence-corrected chi connectivity index (χ0v) is 16.0. The van der Waals surface area contributed by atoms with Crippen LogP contribution in [0.15, 0.2) is 16.9 Å². The van der Waals surface area contributed by atoms with Crippen LogP contribution in [-0.2, 0) is 13.1 Å². The lowest BCUT2D eigenvalue weighted by atomic mass is 9.98. The number of thiophene rings is 1. The second-order valence-electron chi connectivity index (χ2n) is 7.44. The number of nitrogens with zero attached hydrogens (tertiary/aromatic N) is 1. The number of aryl methyl sites for hydroxylation is 1. The number of halogens is 1. The van der Waals surface area contributed by atoms with Crippen LogP contribution >= 0.6 is 11.3 Å². The lowest BCUT2D eigenvalue weighted by molar-refractivity contribution is 0.0694. The number of carboxylic acids is 1. The molecule has 2 aliphatic rings. The number of fused-ring (bicyclic) bond motifs is 2. The number of hydrogen-bond donors (Lipinski definition) is 3. The molecule has 28 heavy (non-hydrogen) atoms. The molecule has 1 fully saturated rings. The van der Waals surface area contributed by atoms with Crippen LogP contribution in [0.25, 0.3) is 16.0 Å². The number of aromatic nitrogens is 1. The monoisotopic (exact) mass is 399 g/mol. The van der Waals surface area contributed by atoms with Crippen molar-refractivity contribution < 1.29 is 14.3 Å². The molecule has 1 aliphatic heterocycles. The number of aromatic carboxylic acids is 1. The van der Waals surface area contributed by atoms with Crippen molar-refractivity contribution in [1.29, 1.82) is 0 Å². The SMILES string of the molecule is Cc1c(-c2cc3c(s2)CNC3)c(F)c(N)n2c(=O)c(C(=O)O)cc(C3CC3)c12. The Balaban J connectivity index is 1.89. The van der Waals surface area contributed by atoms with Crippen LogP contribution < -0.4 is 16.6 Å². The van der Waals surface area contributed by atoms with E-state index >= 15 is 4.39 Å². The van der Waals surface area contributed by atoms with Gasteiger partial charge in [0, 0.05) is 28.4 Å². The van der Waals surface area contributed by atoms with E-state index in [1.807, 2.05) is 6.07 Å². The first kappa shape index (κ1) is 17.4. The van der Waals surface area contributed by atoms with Crippen molar-refractivity contribution in [1.82, 2.24) is 9.72 Å². The van der Waals surface area contributed by atoms with Gasteiger partial charge in [0.25, 0.3) is 5.56 Å². The molecule has 6 nitrogen and oxygen atoms in total. The van der Waals surface area contributed by atoms with Gasteiger partial charge in [0.1, 0.15) is 11.4 Å². The zero-order valence-electron chi connectivity index (χ0n) is 15.1. The third-order valence-electron chi connectivity index (χ3n) is 5.64. The van der Waals surface area contributed by atoms with Gasteiger partial charge in [-0.3, -0.25) is 9.20 Å². The summed E-state index contributed by atoms with van der Waals surface area (Å²) in [5.74, 6) is -2.17. The molecule has 0 radical (unpaired) electrons. The molecule has 0 aromatic carbocycles. The fraction of sp³-hybridized carbons (Fsp3) is 0.300. The molecule has 1 saturated carbocycles. The third kappa shape index (κ3) is 2.34. The Morgan fingerprint density at radius 1 is 1.36 bits per heavy atom. The van der Waals surface area contributed by atoms with Crippen LogP contribution in [0.1, 0.15) is 50.7 Å². The number of nitrogens with one attached hydrogen (secondary N) is 1. The van der Waals surface area contributed by atoms with E-state index in [1.165, 1.54) is 22.3 Å². The van der Waals surface area contributed by atoms with Crippen LogP contribution in [0.5, 0.6) is 0 Å². The third-order valence-corrected chi connectivity index (χ3v) is 6.83. The maximum absolute atomic E-state index is 15.4. The molecule has 3 aromatic rings. The number of carboxylic acid groups (broad SMARTS) is 1. The van der Waals surface area contributed by atoms with E-state index in [1.54, 1.807) is 6.92 Å². The van der Waals surface area contributed by atoms with E-state index < -0.39 is 17.3 Å². The molecule has 4 N–H and O–H groups in total. The number of nitrogens with two attached hydrogens (primary N) is 1. The fourth-order valence-corrected chi connectivity index (χ4v) is 5.36. The Hall–Kier alpha value is -2.71. The van der Waals surface area contributed by atoms with Gasteiger partial charge in [-0.2, -0.15) is 0 Å². The first-order valence-corrected chi connectivity index (χ1v) is 9.93. The summed E-state index contributed by atoms with van der Waals surface area (Å²) in [7, 11) is 0. The summed E-state index contributed by atoms with van der Waals surface area (Å²) < 4.78 is 16.4. The highest BCUT2D eigenvalue weighted by Crippen LogP contribution is 2.45. The van der Waals surface area contributed by atoms with Gasteiger partial charge in [-0.1, -0.05) is 0 Å². The average molecular weight is 399 g/mol. The van der Waals surface area contributed by atoms with Gasteiger partial charge in [-0.15, -0.1) is 11.3 Å². The van der Waals surface area contributed by atoms with E-state index in [-0.39, 0.29) is 17.3 Å². The van der Waals surface area contributed by atoms with E-state index in [0.29, 0.717) is 16.6 Å². The molecule has 0 saturated heterocycles. The number of pyridine rings is 2. The predicted molar refractivity (Wildman–Crippen MR) is 106 cm³/mol. The van der Waals surface area contributed by atoms with Crippen molar-refractivity contribution in [3.8, 4) is 10.4 Å². The molecule has 0 amide bonds. The van der Waals surface area contributed by atoms with Crippen molar-refractivity contribution in [3.05, 3.63) is 55.4 Å². The highest BCUT2D eigenvalue weighted by Gasteiger charge is 2.32. The normalized spacial score (nSPS) is 15.9. The zero-order chi connectivity index (χ0) is 19.7. The van der Waals surface area contributed by atoms with Gasteiger partial charge in [0.15, 0.2) is 5.82 Å². The van der Waals surface area contributed by atoms with Crippen molar-refractivity contribution in [3.63, 3.8) is 0 Å². The minimum atomic E-state index is -1.33. The smallest absolute Gasteiger partial charge is 0.341 e. The molecular formula is C20H18FN3O3S. The maximum atomic E-state index is 15.4. The van der Waals surface area contributed by atoms with Gasteiger partial charge in [-0.05, 0) is 54.5 Å². The molecule has 8 heteroatoms. The van der Waals surface area contributed by atoms with Gasteiger partial charge in [-0.25, -0.2) is 9.18 Å². The van der Waals surface area contributed by atoms with E-state index in [4.69, 9.17) is 5.73 Å². The Kier molecular flexibility index (Phi) is 3.66. The molecular weight excluding hydrogens is 381 g/mol. The van der Waals surface area contributed by atoms with E-state index in [0.717, 1.165) is 46.3 Å². The number of anilines is 1. The molecule has 3 aromatic heterocycles.